The van der Waals surface area contributed by atoms with Crippen LogP contribution < -0.4 is 0 Å². The van der Waals surface area contributed by atoms with Gasteiger partial charge in [0.05, 0.1) is 0 Å². The lowest BCUT2D eigenvalue weighted by atomic mass is 9.71. The molecule has 1 aromatic carbocycles. The first-order chi connectivity index (χ1) is 9.94. The largest absolute Gasteiger partial charge is 0.416 e. The van der Waals surface area contributed by atoms with E-state index in [1.165, 1.54) is 16.7 Å². The number of hydrogen-bond acceptors (Lipinski definition) is 1. The van der Waals surface area contributed by atoms with Crippen molar-refractivity contribution in [3.63, 3.8) is 0 Å². The molecule has 0 N–H and O–H groups in total. The summed E-state index contributed by atoms with van der Waals surface area (Å²) >= 11 is 3.56. The van der Waals surface area contributed by atoms with Crippen molar-refractivity contribution in [1.82, 2.24) is 0 Å². The minimum atomic E-state index is -1.70. The lowest BCUT2D eigenvalue weighted by Crippen LogP contribution is -2.44. The van der Waals surface area contributed by atoms with Crippen molar-refractivity contribution in [3.05, 3.63) is 40.4 Å². The molecule has 122 valence electrons. The number of rotatable bonds is 3. The molecular weight excluding hydrogens is 352 g/mol. The van der Waals surface area contributed by atoms with Gasteiger partial charge >= 0.3 is 0 Å². The Balaban J connectivity index is 2.16. The number of fused-ring (bicyclic) bond motifs is 1. The van der Waals surface area contributed by atoms with Gasteiger partial charge in [0, 0.05) is 11.1 Å². The zero-order valence-corrected chi connectivity index (χ0v) is 17.4. The number of halogens is 1. The highest BCUT2D eigenvalue weighted by Gasteiger charge is 2.40. The minimum absolute atomic E-state index is 0.160. The molecule has 1 aliphatic carbocycles. The van der Waals surface area contributed by atoms with Crippen LogP contribution in [0.5, 0.6) is 0 Å². The third kappa shape index (κ3) is 3.74. The van der Waals surface area contributed by atoms with E-state index in [-0.39, 0.29) is 10.5 Å². The van der Waals surface area contributed by atoms with Crippen molar-refractivity contribution in [1.29, 1.82) is 0 Å². The maximum Gasteiger partial charge on any atom is 0.192 e. The van der Waals surface area contributed by atoms with Gasteiger partial charge in [-0.25, -0.2) is 0 Å². The third-order valence-corrected chi connectivity index (χ3v) is 10.3. The van der Waals surface area contributed by atoms with E-state index in [2.05, 4.69) is 81.5 Å². The smallest absolute Gasteiger partial charge is 0.192 e. The van der Waals surface area contributed by atoms with Gasteiger partial charge in [0.2, 0.25) is 0 Å². The lowest BCUT2D eigenvalue weighted by Gasteiger charge is -2.42. The molecule has 0 aliphatic heterocycles. The molecule has 0 radical (unpaired) electrons. The summed E-state index contributed by atoms with van der Waals surface area (Å²) < 4.78 is 7.64. The highest BCUT2D eigenvalue weighted by molar-refractivity contribution is 9.10. The van der Waals surface area contributed by atoms with Gasteiger partial charge in [-0.2, -0.15) is 0 Å². The van der Waals surface area contributed by atoms with E-state index in [0.717, 1.165) is 23.9 Å². The van der Waals surface area contributed by atoms with Crippen molar-refractivity contribution in [2.45, 2.75) is 58.7 Å². The summed E-state index contributed by atoms with van der Waals surface area (Å²) in [6.07, 6.45) is 2.09. The Morgan fingerprint density at radius 2 is 1.91 bits per heavy atom. The van der Waals surface area contributed by atoms with Crippen molar-refractivity contribution in [3.8, 4) is 0 Å². The van der Waals surface area contributed by atoms with E-state index >= 15 is 0 Å². The summed E-state index contributed by atoms with van der Waals surface area (Å²) in [6.45, 7) is 19.1. The summed E-state index contributed by atoms with van der Waals surface area (Å²) in [7, 11) is -1.70. The van der Waals surface area contributed by atoms with Gasteiger partial charge in [-0.1, -0.05) is 56.3 Å². The molecule has 1 aliphatic rings. The Labute approximate surface area is 145 Å². The van der Waals surface area contributed by atoms with Gasteiger partial charge in [-0.05, 0) is 65.2 Å². The molecule has 0 spiro atoms. The van der Waals surface area contributed by atoms with E-state index in [4.69, 9.17) is 4.43 Å². The zero-order chi connectivity index (χ0) is 16.8. The minimum Gasteiger partial charge on any atom is -0.416 e. The summed E-state index contributed by atoms with van der Waals surface area (Å²) in [4.78, 5) is 0. The van der Waals surface area contributed by atoms with Crippen LogP contribution in [0.25, 0.3) is 5.57 Å². The van der Waals surface area contributed by atoms with E-state index in [1.807, 2.05) is 0 Å². The Bertz CT molecular complexity index is 586. The summed E-state index contributed by atoms with van der Waals surface area (Å²) in [6, 6.07) is 6.56. The summed E-state index contributed by atoms with van der Waals surface area (Å²) in [5.74, 6) is 0. The van der Waals surface area contributed by atoms with E-state index in [1.54, 1.807) is 0 Å². The molecule has 0 bridgehead atoms. The van der Waals surface area contributed by atoms with Crippen LogP contribution in [0.2, 0.25) is 18.1 Å². The molecule has 1 atom stereocenters. The monoisotopic (exact) mass is 380 g/mol. The van der Waals surface area contributed by atoms with E-state index < -0.39 is 8.32 Å². The SMILES string of the molecule is C=C1CC(C)(CO[Si](C)(C)C(C)(C)C)Cc2ccc(Br)cc21. The maximum absolute atomic E-state index is 6.51. The standard InChI is InChI=1S/C19H29BrOSi/c1-14-11-19(5,13-21-22(6,7)18(2,3)4)12-15-8-9-16(20)10-17(14)15/h8-10H,1,11-13H2,2-7H3. The molecule has 0 saturated carbocycles. The highest BCUT2D eigenvalue weighted by Crippen LogP contribution is 2.44. The average molecular weight is 381 g/mol. The number of hydrogen-bond donors (Lipinski definition) is 0. The van der Waals surface area contributed by atoms with Crippen LogP contribution in [-0.2, 0) is 10.8 Å². The molecule has 3 heteroatoms. The third-order valence-electron chi connectivity index (χ3n) is 5.30. The highest BCUT2D eigenvalue weighted by atomic mass is 79.9. The molecule has 0 heterocycles. The first kappa shape index (κ1) is 18.0. The van der Waals surface area contributed by atoms with Gasteiger partial charge in [-0.3, -0.25) is 0 Å². The molecule has 1 nitrogen and oxygen atoms in total. The number of benzene rings is 1. The fraction of sp³-hybridized carbons (Fsp3) is 0.579. The topological polar surface area (TPSA) is 9.23 Å². The average Bonchev–Trinajstić information content (AvgIpc) is 2.37. The van der Waals surface area contributed by atoms with Crippen molar-refractivity contribution in [2.75, 3.05) is 6.61 Å². The van der Waals surface area contributed by atoms with Crippen LogP contribution >= 0.6 is 15.9 Å². The normalized spacial score (nSPS) is 22.6. The Kier molecular flexibility index (Phi) is 4.83. The quantitative estimate of drug-likeness (QED) is 0.548. The van der Waals surface area contributed by atoms with Crippen LogP contribution in [-0.4, -0.2) is 14.9 Å². The van der Waals surface area contributed by atoms with Crippen LogP contribution in [0.3, 0.4) is 0 Å². The Morgan fingerprint density at radius 3 is 2.50 bits per heavy atom. The van der Waals surface area contributed by atoms with Gasteiger partial charge in [0.15, 0.2) is 8.32 Å². The number of allylic oxidation sites excluding steroid dienone is 1. The second-order valence-corrected chi connectivity index (χ2v) is 14.3. The van der Waals surface area contributed by atoms with E-state index in [9.17, 15) is 0 Å². The van der Waals surface area contributed by atoms with Crippen LogP contribution in [0, 0.1) is 5.41 Å². The fourth-order valence-corrected chi connectivity index (χ4v) is 4.34. The fourth-order valence-electron chi connectivity index (χ4n) is 2.84. The first-order valence-electron chi connectivity index (χ1n) is 8.04. The predicted molar refractivity (Wildman–Crippen MR) is 103 cm³/mol. The molecule has 0 fully saturated rings. The second kappa shape index (κ2) is 5.92. The second-order valence-electron chi connectivity index (χ2n) is 8.62. The van der Waals surface area contributed by atoms with Crippen molar-refractivity contribution >= 4 is 29.8 Å². The molecule has 0 amide bonds. The molecule has 22 heavy (non-hydrogen) atoms. The summed E-state index contributed by atoms with van der Waals surface area (Å²) in [5.41, 5.74) is 4.12. The zero-order valence-electron chi connectivity index (χ0n) is 14.8. The van der Waals surface area contributed by atoms with E-state index in [0.29, 0.717) is 0 Å². The van der Waals surface area contributed by atoms with Crippen LogP contribution in [0.4, 0.5) is 0 Å². The van der Waals surface area contributed by atoms with Gasteiger partial charge in [0.1, 0.15) is 0 Å². The van der Waals surface area contributed by atoms with Crippen LogP contribution in [0.1, 0.15) is 45.2 Å². The molecular formula is C19H29BrOSi. The molecule has 2 rings (SSSR count). The first-order valence-corrected chi connectivity index (χ1v) is 11.7. The van der Waals surface area contributed by atoms with Crippen molar-refractivity contribution in [2.24, 2.45) is 5.41 Å². The van der Waals surface area contributed by atoms with Gasteiger partial charge < -0.3 is 4.43 Å². The summed E-state index contributed by atoms with van der Waals surface area (Å²) in [5, 5.41) is 0.262. The molecule has 0 saturated heterocycles. The molecule has 1 aromatic rings. The van der Waals surface area contributed by atoms with Crippen molar-refractivity contribution < 1.29 is 4.43 Å². The van der Waals surface area contributed by atoms with Crippen LogP contribution in [0.15, 0.2) is 29.3 Å². The van der Waals surface area contributed by atoms with Gasteiger partial charge in [-0.15, -0.1) is 0 Å². The Morgan fingerprint density at radius 1 is 1.27 bits per heavy atom. The lowest BCUT2D eigenvalue weighted by molar-refractivity contribution is 0.149. The molecule has 1 unspecified atom stereocenters. The molecule has 0 aromatic heterocycles. The maximum atomic E-state index is 6.51. The van der Waals surface area contributed by atoms with Gasteiger partial charge in [0.25, 0.3) is 0 Å². The predicted octanol–water partition coefficient (Wildman–Crippen LogP) is 6.44. The Hall–Kier alpha value is -0.383.